The maximum Gasteiger partial charge on any atom is 0.236 e. The highest BCUT2D eigenvalue weighted by molar-refractivity contribution is 6.31. The molecule has 1 aliphatic rings. The van der Waals surface area contributed by atoms with E-state index in [0.717, 1.165) is 5.56 Å². The van der Waals surface area contributed by atoms with Crippen molar-refractivity contribution >= 4 is 23.2 Å². The molecule has 4 heteroatoms. The number of nitrogens with one attached hydrogen (secondary N) is 1. The Hall–Kier alpha value is -1.87. The average Bonchev–Trinajstić information content (AvgIpc) is 2.64. The van der Waals surface area contributed by atoms with E-state index in [4.69, 9.17) is 11.6 Å². The van der Waals surface area contributed by atoms with Crippen molar-refractivity contribution in [3.63, 3.8) is 0 Å². The molecule has 3 rings (SSSR count). The van der Waals surface area contributed by atoms with Crippen LogP contribution < -0.4 is 5.32 Å². The standard InChI is InChI=1S/C14H9ClFNO/c15-9-4-5-11-12(7-9)17-14(18)13(11)8-2-1-3-10(16)6-8/h1-7,13H,(H,17,18). The molecule has 2 aromatic rings. The van der Waals surface area contributed by atoms with Crippen LogP contribution in [-0.2, 0) is 4.79 Å². The maximum atomic E-state index is 13.2. The van der Waals surface area contributed by atoms with Crippen LogP contribution in [-0.4, -0.2) is 5.91 Å². The van der Waals surface area contributed by atoms with Gasteiger partial charge in [-0.15, -0.1) is 0 Å². The van der Waals surface area contributed by atoms with Crippen LogP contribution >= 0.6 is 11.6 Å². The first-order chi connectivity index (χ1) is 8.65. The lowest BCUT2D eigenvalue weighted by molar-refractivity contribution is -0.116. The normalized spacial score (nSPS) is 17.4. The average molecular weight is 262 g/mol. The first-order valence-corrected chi connectivity index (χ1v) is 5.89. The third kappa shape index (κ3) is 1.77. The molecule has 0 aromatic heterocycles. The molecule has 18 heavy (non-hydrogen) atoms. The molecule has 1 aliphatic heterocycles. The molecule has 1 atom stereocenters. The van der Waals surface area contributed by atoms with Crippen LogP contribution in [0.25, 0.3) is 0 Å². The summed E-state index contributed by atoms with van der Waals surface area (Å²) in [6.07, 6.45) is 0. The number of anilines is 1. The van der Waals surface area contributed by atoms with E-state index in [0.29, 0.717) is 16.3 Å². The number of hydrogen-bond acceptors (Lipinski definition) is 1. The number of benzene rings is 2. The minimum Gasteiger partial charge on any atom is -0.325 e. The fraction of sp³-hybridized carbons (Fsp3) is 0.0714. The largest absolute Gasteiger partial charge is 0.325 e. The van der Waals surface area contributed by atoms with E-state index in [9.17, 15) is 9.18 Å². The maximum absolute atomic E-state index is 13.2. The summed E-state index contributed by atoms with van der Waals surface area (Å²) in [6, 6.07) is 11.3. The molecular weight excluding hydrogens is 253 g/mol. The van der Waals surface area contributed by atoms with Crippen molar-refractivity contribution in [3.8, 4) is 0 Å². The molecule has 2 aromatic carbocycles. The van der Waals surface area contributed by atoms with Crippen LogP contribution in [0.3, 0.4) is 0 Å². The van der Waals surface area contributed by atoms with Gasteiger partial charge in [-0.05, 0) is 35.4 Å². The van der Waals surface area contributed by atoms with E-state index in [1.54, 1.807) is 30.3 Å². The second-order valence-electron chi connectivity index (χ2n) is 4.21. The van der Waals surface area contributed by atoms with Crippen molar-refractivity contribution in [3.05, 3.63) is 64.4 Å². The fourth-order valence-corrected chi connectivity index (χ4v) is 2.42. The highest BCUT2D eigenvalue weighted by atomic mass is 35.5. The Morgan fingerprint density at radius 3 is 2.78 bits per heavy atom. The zero-order valence-electron chi connectivity index (χ0n) is 9.28. The Morgan fingerprint density at radius 1 is 1.17 bits per heavy atom. The third-order valence-corrected chi connectivity index (χ3v) is 3.26. The Bertz CT molecular complexity index is 641. The number of hydrogen-bond donors (Lipinski definition) is 1. The van der Waals surface area contributed by atoms with Crippen molar-refractivity contribution in [1.29, 1.82) is 0 Å². The van der Waals surface area contributed by atoms with Crippen LogP contribution in [0.1, 0.15) is 17.0 Å². The van der Waals surface area contributed by atoms with Gasteiger partial charge in [0.1, 0.15) is 5.82 Å². The zero-order valence-corrected chi connectivity index (χ0v) is 10.0. The molecule has 0 radical (unpaired) electrons. The molecule has 0 saturated heterocycles. The van der Waals surface area contributed by atoms with Gasteiger partial charge in [0.25, 0.3) is 0 Å². The SMILES string of the molecule is O=C1Nc2cc(Cl)ccc2C1c1cccc(F)c1. The van der Waals surface area contributed by atoms with Crippen molar-refractivity contribution < 1.29 is 9.18 Å². The Morgan fingerprint density at radius 2 is 2.00 bits per heavy atom. The van der Waals surface area contributed by atoms with Crippen LogP contribution in [0.4, 0.5) is 10.1 Å². The molecule has 2 nitrogen and oxygen atoms in total. The highest BCUT2D eigenvalue weighted by Crippen LogP contribution is 2.38. The number of carbonyl (C=O) groups excluding carboxylic acids is 1. The molecule has 0 spiro atoms. The van der Waals surface area contributed by atoms with Crippen molar-refractivity contribution in [2.45, 2.75) is 5.92 Å². The molecule has 0 aliphatic carbocycles. The Kier molecular flexibility index (Phi) is 2.56. The van der Waals surface area contributed by atoms with E-state index in [1.165, 1.54) is 12.1 Å². The lowest BCUT2D eigenvalue weighted by atomic mass is 9.93. The van der Waals surface area contributed by atoms with Gasteiger partial charge in [-0.25, -0.2) is 4.39 Å². The molecule has 0 saturated carbocycles. The van der Waals surface area contributed by atoms with Gasteiger partial charge >= 0.3 is 0 Å². The topological polar surface area (TPSA) is 29.1 Å². The summed E-state index contributed by atoms with van der Waals surface area (Å²) in [5.41, 5.74) is 2.17. The Balaban J connectivity index is 2.12. The summed E-state index contributed by atoms with van der Waals surface area (Å²) in [5, 5.41) is 3.32. The summed E-state index contributed by atoms with van der Waals surface area (Å²) >= 11 is 5.88. The van der Waals surface area contributed by atoms with Gasteiger partial charge in [0.2, 0.25) is 5.91 Å². The number of halogens is 2. The van der Waals surface area contributed by atoms with E-state index < -0.39 is 5.92 Å². The number of carbonyl (C=O) groups is 1. The first kappa shape index (κ1) is 11.2. The van der Waals surface area contributed by atoms with Gasteiger partial charge in [0.15, 0.2) is 0 Å². The van der Waals surface area contributed by atoms with E-state index >= 15 is 0 Å². The predicted octanol–water partition coefficient (Wildman–Crippen LogP) is 3.56. The zero-order chi connectivity index (χ0) is 12.7. The predicted molar refractivity (Wildman–Crippen MR) is 68.3 cm³/mol. The second kappa shape index (κ2) is 4.10. The number of rotatable bonds is 1. The molecule has 1 amide bonds. The Labute approximate surface area is 108 Å². The van der Waals surface area contributed by atoms with Gasteiger partial charge < -0.3 is 5.32 Å². The van der Waals surface area contributed by atoms with Crippen molar-refractivity contribution in [2.24, 2.45) is 0 Å². The van der Waals surface area contributed by atoms with Gasteiger partial charge in [-0.3, -0.25) is 4.79 Å². The van der Waals surface area contributed by atoms with Crippen LogP contribution in [0, 0.1) is 5.82 Å². The van der Waals surface area contributed by atoms with E-state index in [-0.39, 0.29) is 11.7 Å². The van der Waals surface area contributed by atoms with Gasteiger partial charge in [-0.2, -0.15) is 0 Å². The van der Waals surface area contributed by atoms with Crippen LogP contribution in [0.2, 0.25) is 5.02 Å². The van der Waals surface area contributed by atoms with E-state index in [2.05, 4.69) is 5.32 Å². The minimum atomic E-state index is -0.465. The second-order valence-corrected chi connectivity index (χ2v) is 4.65. The van der Waals surface area contributed by atoms with Crippen LogP contribution in [0.5, 0.6) is 0 Å². The van der Waals surface area contributed by atoms with Gasteiger partial charge in [0, 0.05) is 10.7 Å². The highest BCUT2D eigenvalue weighted by Gasteiger charge is 2.31. The minimum absolute atomic E-state index is 0.155. The van der Waals surface area contributed by atoms with Crippen molar-refractivity contribution in [1.82, 2.24) is 0 Å². The molecular formula is C14H9ClFNO. The summed E-state index contributed by atoms with van der Waals surface area (Å²) in [4.78, 5) is 12.0. The molecule has 1 unspecified atom stereocenters. The lowest BCUT2D eigenvalue weighted by Gasteiger charge is -2.09. The molecule has 0 fully saturated rings. The summed E-state index contributed by atoms with van der Waals surface area (Å²) < 4.78 is 13.2. The van der Waals surface area contributed by atoms with E-state index in [1.807, 2.05) is 0 Å². The van der Waals surface area contributed by atoms with Crippen LogP contribution in [0.15, 0.2) is 42.5 Å². The quantitative estimate of drug-likeness (QED) is 0.835. The molecule has 90 valence electrons. The molecule has 1 N–H and O–H groups in total. The monoisotopic (exact) mass is 261 g/mol. The summed E-state index contributed by atoms with van der Waals surface area (Å²) in [5.74, 6) is -0.964. The van der Waals surface area contributed by atoms with Gasteiger partial charge in [0.05, 0.1) is 5.92 Å². The third-order valence-electron chi connectivity index (χ3n) is 3.03. The first-order valence-electron chi connectivity index (χ1n) is 5.51. The fourth-order valence-electron chi connectivity index (χ4n) is 2.25. The number of amides is 1. The number of fused-ring (bicyclic) bond motifs is 1. The molecule has 0 bridgehead atoms. The summed E-state index contributed by atoms with van der Waals surface area (Å²) in [7, 11) is 0. The van der Waals surface area contributed by atoms with Crippen molar-refractivity contribution in [2.75, 3.05) is 5.32 Å². The lowest BCUT2D eigenvalue weighted by Crippen LogP contribution is -2.13. The van der Waals surface area contributed by atoms with Gasteiger partial charge in [-0.1, -0.05) is 29.8 Å². The summed E-state index contributed by atoms with van der Waals surface area (Å²) in [6.45, 7) is 0. The molecule has 1 heterocycles. The smallest absolute Gasteiger partial charge is 0.236 e.